The highest BCUT2D eigenvalue weighted by Crippen LogP contribution is 2.38. The lowest BCUT2D eigenvalue weighted by Gasteiger charge is -2.22. The van der Waals surface area contributed by atoms with Crippen LogP contribution < -0.4 is 9.80 Å². The van der Waals surface area contributed by atoms with Gasteiger partial charge in [-0.05, 0) is 30.3 Å². The molecule has 1 aromatic carbocycles. The molecule has 2 saturated heterocycles. The lowest BCUT2D eigenvalue weighted by atomic mass is 10.0. The number of halogens is 2. The molecule has 25 heavy (non-hydrogen) atoms. The molecule has 2 atom stereocenters. The van der Waals surface area contributed by atoms with Crippen LogP contribution >= 0.6 is 11.3 Å². The second-order valence-corrected chi connectivity index (χ2v) is 7.76. The van der Waals surface area contributed by atoms with Crippen molar-refractivity contribution in [1.29, 1.82) is 0 Å². The van der Waals surface area contributed by atoms with Crippen LogP contribution in [0.1, 0.15) is 0 Å². The molecule has 5 rings (SSSR count). The van der Waals surface area contributed by atoms with Crippen molar-refractivity contribution in [2.45, 2.75) is 0 Å². The van der Waals surface area contributed by atoms with Gasteiger partial charge in [0.15, 0.2) is 16.8 Å². The van der Waals surface area contributed by atoms with Crippen LogP contribution in [0.15, 0.2) is 36.5 Å². The number of nitrogens with zero attached hydrogens (tertiary/aromatic N) is 4. The number of fused-ring (bicyclic) bond motifs is 2. The third kappa shape index (κ3) is 2.54. The molecule has 0 bridgehead atoms. The van der Waals surface area contributed by atoms with Crippen LogP contribution in [0.4, 0.5) is 19.7 Å². The normalized spacial score (nSPS) is 22.8. The fourth-order valence-corrected chi connectivity index (χ4v) is 4.96. The molecule has 128 valence electrons. The molecule has 4 nitrogen and oxygen atoms in total. The summed E-state index contributed by atoms with van der Waals surface area (Å²) in [6.07, 6.45) is 1.64. The van der Waals surface area contributed by atoms with Gasteiger partial charge in [-0.25, -0.2) is 18.7 Å². The highest BCUT2D eigenvalue weighted by molar-refractivity contribution is 7.22. The highest BCUT2D eigenvalue weighted by atomic mass is 32.1. The summed E-state index contributed by atoms with van der Waals surface area (Å²) in [6, 6.07) is 7.80. The fourth-order valence-electron chi connectivity index (χ4n) is 3.95. The first-order chi connectivity index (χ1) is 12.2. The summed E-state index contributed by atoms with van der Waals surface area (Å²) in [6.45, 7) is 3.43. The molecule has 3 aromatic rings. The molecular formula is C18H16F2N4S. The third-order valence-electron chi connectivity index (χ3n) is 5.13. The second-order valence-electron chi connectivity index (χ2n) is 6.75. The molecular weight excluding hydrogens is 342 g/mol. The van der Waals surface area contributed by atoms with Gasteiger partial charge in [0.05, 0.1) is 10.2 Å². The maximum atomic E-state index is 14.0. The van der Waals surface area contributed by atoms with Gasteiger partial charge in [-0.3, -0.25) is 0 Å². The van der Waals surface area contributed by atoms with E-state index >= 15 is 0 Å². The molecule has 0 saturated carbocycles. The van der Waals surface area contributed by atoms with Gasteiger partial charge in [-0.1, -0.05) is 11.3 Å². The van der Waals surface area contributed by atoms with Gasteiger partial charge in [0.25, 0.3) is 0 Å². The van der Waals surface area contributed by atoms with Crippen LogP contribution in [0.5, 0.6) is 0 Å². The summed E-state index contributed by atoms with van der Waals surface area (Å²) in [5.74, 6) is 0.927. The number of thiazole rings is 1. The first kappa shape index (κ1) is 15.0. The quantitative estimate of drug-likeness (QED) is 0.701. The monoisotopic (exact) mass is 358 g/mol. The number of benzene rings is 1. The number of rotatable bonds is 2. The van der Waals surface area contributed by atoms with Gasteiger partial charge in [0.1, 0.15) is 5.82 Å². The first-order valence-corrected chi connectivity index (χ1v) is 9.15. The predicted molar refractivity (Wildman–Crippen MR) is 95.2 cm³/mol. The van der Waals surface area contributed by atoms with Crippen LogP contribution in [0, 0.1) is 23.5 Å². The van der Waals surface area contributed by atoms with Crippen LogP contribution in [0.2, 0.25) is 0 Å². The smallest absolute Gasteiger partial charge is 0.186 e. The Bertz CT molecular complexity index is 930. The average Bonchev–Trinajstić information content (AvgIpc) is 3.26. The van der Waals surface area contributed by atoms with E-state index in [1.165, 1.54) is 23.5 Å². The molecule has 0 aliphatic carbocycles. The minimum atomic E-state index is -0.257. The number of aromatic nitrogens is 2. The molecule has 0 amide bonds. The van der Waals surface area contributed by atoms with Crippen LogP contribution in [0.3, 0.4) is 0 Å². The molecule has 2 unspecified atom stereocenters. The Morgan fingerprint density at radius 2 is 1.76 bits per heavy atom. The SMILES string of the molecule is Fc1ccc2nc(N3CC4CN(c5ncccc5F)CC4C3)sc2c1. The summed E-state index contributed by atoms with van der Waals surface area (Å²) in [5.41, 5.74) is 0.843. The summed E-state index contributed by atoms with van der Waals surface area (Å²) >= 11 is 1.54. The predicted octanol–water partition coefficient (Wildman–Crippen LogP) is 3.54. The Morgan fingerprint density at radius 3 is 2.52 bits per heavy atom. The van der Waals surface area contributed by atoms with Gasteiger partial charge >= 0.3 is 0 Å². The lowest BCUT2D eigenvalue weighted by molar-refractivity contribution is 0.533. The van der Waals surface area contributed by atoms with E-state index < -0.39 is 0 Å². The Hall–Kier alpha value is -2.28. The van der Waals surface area contributed by atoms with Crippen LogP contribution in [0.25, 0.3) is 10.2 Å². The molecule has 2 aromatic heterocycles. The largest absolute Gasteiger partial charge is 0.353 e. The van der Waals surface area contributed by atoms with Crippen molar-refractivity contribution in [1.82, 2.24) is 9.97 Å². The second kappa shape index (κ2) is 5.62. The van der Waals surface area contributed by atoms with Crippen molar-refractivity contribution >= 4 is 32.5 Å². The molecule has 2 aliphatic rings. The van der Waals surface area contributed by atoms with Crippen LogP contribution in [-0.4, -0.2) is 36.1 Å². The zero-order valence-electron chi connectivity index (χ0n) is 13.4. The number of hydrogen-bond donors (Lipinski definition) is 0. The fraction of sp³-hybridized carbons (Fsp3) is 0.333. The standard InChI is InChI=1S/C18H16F2N4S/c19-13-3-4-15-16(6-13)25-18(22-15)24-9-11-7-23(8-12(11)10-24)17-14(20)2-1-5-21-17/h1-6,11-12H,7-10H2. The maximum Gasteiger partial charge on any atom is 0.186 e. The van der Waals surface area contributed by atoms with Gasteiger partial charge in [-0.2, -0.15) is 0 Å². The third-order valence-corrected chi connectivity index (χ3v) is 6.21. The van der Waals surface area contributed by atoms with Gasteiger partial charge < -0.3 is 9.80 Å². The number of pyridine rings is 1. The Morgan fingerprint density at radius 1 is 1.00 bits per heavy atom. The van der Waals surface area contributed by atoms with Crippen molar-refractivity contribution in [3.8, 4) is 0 Å². The minimum absolute atomic E-state index is 0.228. The van der Waals surface area contributed by atoms with Gasteiger partial charge in [-0.15, -0.1) is 0 Å². The summed E-state index contributed by atoms with van der Waals surface area (Å²) in [5, 5.41) is 0.950. The molecule has 0 N–H and O–H groups in total. The number of anilines is 2. The van der Waals surface area contributed by atoms with E-state index in [9.17, 15) is 8.78 Å². The average molecular weight is 358 g/mol. The molecule has 2 aliphatic heterocycles. The highest BCUT2D eigenvalue weighted by Gasteiger charge is 2.41. The van der Waals surface area contributed by atoms with Crippen molar-refractivity contribution < 1.29 is 8.78 Å². The van der Waals surface area contributed by atoms with E-state index in [2.05, 4.69) is 19.8 Å². The topological polar surface area (TPSA) is 32.3 Å². The number of hydrogen-bond acceptors (Lipinski definition) is 5. The van der Waals surface area contributed by atoms with Gasteiger partial charge in [0, 0.05) is 44.2 Å². The summed E-state index contributed by atoms with van der Waals surface area (Å²) in [7, 11) is 0. The molecule has 0 radical (unpaired) electrons. The van der Waals surface area contributed by atoms with E-state index in [-0.39, 0.29) is 11.6 Å². The van der Waals surface area contributed by atoms with E-state index in [0.29, 0.717) is 17.7 Å². The first-order valence-electron chi connectivity index (χ1n) is 8.34. The molecule has 2 fully saturated rings. The summed E-state index contributed by atoms with van der Waals surface area (Å²) in [4.78, 5) is 13.2. The zero-order valence-corrected chi connectivity index (χ0v) is 14.2. The Kier molecular flexibility index (Phi) is 3.38. The molecule has 4 heterocycles. The summed E-state index contributed by atoms with van der Waals surface area (Å²) < 4.78 is 28.2. The van der Waals surface area contributed by atoms with Crippen molar-refractivity contribution in [2.24, 2.45) is 11.8 Å². The van der Waals surface area contributed by atoms with Crippen molar-refractivity contribution in [3.63, 3.8) is 0 Å². The molecule has 0 spiro atoms. The zero-order chi connectivity index (χ0) is 17.0. The van der Waals surface area contributed by atoms with E-state index in [1.807, 2.05) is 0 Å². The Labute approximate surface area is 147 Å². The van der Waals surface area contributed by atoms with Crippen LogP contribution in [-0.2, 0) is 0 Å². The van der Waals surface area contributed by atoms with E-state index in [0.717, 1.165) is 41.5 Å². The minimum Gasteiger partial charge on any atom is -0.353 e. The van der Waals surface area contributed by atoms with E-state index in [1.54, 1.807) is 24.4 Å². The van der Waals surface area contributed by atoms with Gasteiger partial charge in [0.2, 0.25) is 0 Å². The Balaban J connectivity index is 1.34. The lowest BCUT2D eigenvalue weighted by Crippen LogP contribution is -2.29. The maximum absolute atomic E-state index is 14.0. The van der Waals surface area contributed by atoms with E-state index in [4.69, 9.17) is 0 Å². The van der Waals surface area contributed by atoms with Crippen molar-refractivity contribution in [3.05, 3.63) is 48.2 Å². The molecule has 7 heteroatoms. The van der Waals surface area contributed by atoms with Crippen molar-refractivity contribution in [2.75, 3.05) is 36.0 Å².